The quantitative estimate of drug-likeness (QED) is 0.862. The van der Waals surface area contributed by atoms with Crippen molar-refractivity contribution < 1.29 is 4.79 Å². The lowest BCUT2D eigenvalue weighted by molar-refractivity contribution is -0.118. The van der Waals surface area contributed by atoms with Crippen LogP contribution in [0.15, 0.2) is 34.9 Å². The van der Waals surface area contributed by atoms with Gasteiger partial charge >= 0.3 is 0 Å². The molecule has 0 bridgehead atoms. The molecule has 0 fully saturated rings. The van der Waals surface area contributed by atoms with Gasteiger partial charge in [0.25, 0.3) is 0 Å². The third-order valence-corrected chi connectivity index (χ3v) is 4.59. The van der Waals surface area contributed by atoms with Crippen LogP contribution in [0.2, 0.25) is 5.02 Å². The number of benzene rings is 1. The lowest BCUT2D eigenvalue weighted by Crippen LogP contribution is -2.18. The first-order valence-corrected chi connectivity index (χ1v) is 8.36. The first-order chi connectivity index (χ1) is 10.5. The lowest BCUT2D eigenvalue weighted by Gasteiger charge is -2.19. The SMILES string of the molecule is CC(=O)NC(SC1=CCCc2cc(Cl)ccc21)=C(C)C.CN. The van der Waals surface area contributed by atoms with Crippen LogP contribution in [-0.2, 0) is 11.2 Å². The average molecular weight is 339 g/mol. The molecule has 1 aliphatic carbocycles. The average Bonchev–Trinajstić information content (AvgIpc) is 2.48. The number of fused-ring (bicyclic) bond motifs is 1. The van der Waals surface area contributed by atoms with Crippen molar-refractivity contribution in [1.82, 2.24) is 5.32 Å². The number of halogens is 1. The summed E-state index contributed by atoms with van der Waals surface area (Å²) >= 11 is 7.67. The van der Waals surface area contributed by atoms with Crippen LogP contribution < -0.4 is 11.1 Å². The molecule has 1 aliphatic rings. The highest BCUT2D eigenvalue weighted by Crippen LogP contribution is 2.39. The standard InChI is InChI=1S/C16H18ClNOS.CH5N/c1-10(2)16(18-11(3)19)20-15-6-4-5-12-9-13(17)7-8-14(12)15;1-2/h6-9H,4-5H2,1-3H3,(H,18,19);2H2,1H3. The number of carbonyl (C=O) groups excluding carboxylic acids is 1. The van der Waals surface area contributed by atoms with E-state index < -0.39 is 0 Å². The van der Waals surface area contributed by atoms with Crippen molar-refractivity contribution in [2.75, 3.05) is 7.05 Å². The normalized spacial score (nSPS) is 12.4. The number of nitrogens with one attached hydrogen (secondary N) is 1. The Morgan fingerprint density at radius 1 is 1.27 bits per heavy atom. The largest absolute Gasteiger partial charge is 0.333 e. The molecule has 0 aliphatic heterocycles. The van der Waals surface area contributed by atoms with Gasteiger partial charge < -0.3 is 11.1 Å². The van der Waals surface area contributed by atoms with Crippen molar-refractivity contribution in [2.24, 2.45) is 5.73 Å². The van der Waals surface area contributed by atoms with Crippen LogP contribution in [0.3, 0.4) is 0 Å². The molecular formula is C17H23ClN2OS. The third-order valence-electron chi connectivity index (χ3n) is 3.03. The molecule has 3 nitrogen and oxygen atoms in total. The zero-order valence-electron chi connectivity index (χ0n) is 13.5. The second-order valence-electron chi connectivity index (χ2n) is 5.02. The van der Waals surface area contributed by atoms with Gasteiger partial charge in [0.1, 0.15) is 0 Å². The van der Waals surface area contributed by atoms with Crippen LogP contribution >= 0.6 is 23.4 Å². The van der Waals surface area contributed by atoms with Gasteiger partial charge in [-0.25, -0.2) is 0 Å². The maximum absolute atomic E-state index is 11.3. The highest BCUT2D eigenvalue weighted by atomic mass is 35.5. The van der Waals surface area contributed by atoms with Gasteiger partial charge in [-0.3, -0.25) is 4.79 Å². The molecule has 22 heavy (non-hydrogen) atoms. The summed E-state index contributed by atoms with van der Waals surface area (Å²) in [6, 6.07) is 6.01. The van der Waals surface area contributed by atoms with Gasteiger partial charge in [0.05, 0.1) is 5.03 Å². The molecule has 0 aromatic heterocycles. The van der Waals surface area contributed by atoms with Crippen LogP contribution in [0.5, 0.6) is 0 Å². The van der Waals surface area contributed by atoms with E-state index in [9.17, 15) is 4.79 Å². The Morgan fingerprint density at radius 2 is 1.95 bits per heavy atom. The first kappa shape index (κ1) is 18.8. The molecule has 1 aromatic rings. The molecule has 0 spiro atoms. The Bertz CT molecular complexity index is 605. The summed E-state index contributed by atoms with van der Waals surface area (Å²) in [6.07, 6.45) is 4.25. The fourth-order valence-electron chi connectivity index (χ4n) is 2.10. The summed E-state index contributed by atoms with van der Waals surface area (Å²) in [5.41, 5.74) is 8.10. The van der Waals surface area contributed by atoms with E-state index in [0.717, 1.165) is 28.5 Å². The van der Waals surface area contributed by atoms with E-state index in [0.29, 0.717) is 0 Å². The van der Waals surface area contributed by atoms with Gasteiger partial charge in [-0.2, -0.15) is 0 Å². The highest BCUT2D eigenvalue weighted by molar-refractivity contribution is 8.11. The molecule has 0 heterocycles. The van der Waals surface area contributed by atoms with Crippen molar-refractivity contribution >= 4 is 34.2 Å². The van der Waals surface area contributed by atoms with Crippen molar-refractivity contribution in [3.63, 3.8) is 0 Å². The number of aryl methyl sites for hydroxylation is 1. The summed E-state index contributed by atoms with van der Waals surface area (Å²) in [7, 11) is 1.50. The number of rotatable bonds is 3. The van der Waals surface area contributed by atoms with Crippen molar-refractivity contribution in [1.29, 1.82) is 0 Å². The number of nitrogens with two attached hydrogens (primary N) is 1. The molecule has 120 valence electrons. The van der Waals surface area contributed by atoms with Gasteiger partial charge in [-0.1, -0.05) is 35.5 Å². The van der Waals surface area contributed by atoms with E-state index >= 15 is 0 Å². The molecule has 0 atom stereocenters. The lowest BCUT2D eigenvalue weighted by atomic mass is 9.97. The maximum atomic E-state index is 11.3. The molecule has 3 N–H and O–H groups in total. The van der Waals surface area contributed by atoms with Gasteiger partial charge in [-0.15, -0.1) is 0 Å². The van der Waals surface area contributed by atoms with Crippen LogP contribution in [0, 0.1) is 0 Å². The number of hydrogen-bond acceptors (Lipinski definition) is 3. The van der Waals surface area contributed by atoms with E-state index in [4.69, 9.17) is 11.6 Å². The Balaban J connectivity index is 0.00000116. The van der Waals surface area contributed by atoms with Gasteiger partial charge in [0.2, 0.25) is 5.91 Å². The van der Waals surface area contributed by atoms with Gasteiger partial charge in [-0.05, 0) is 62.6 Å². The van der Waals surface area contributed by atoms with Gasteiger partial charge in [0.15, 0.2) is 0 Å². The molecule has 5 heteroatoms. The minimum absolute atomic E-state index is 0.0403. The Hall–Kier alpha value is -1.23. The molecule has 1 aromatic carbocycles. The summed E-state index contributed by atoms with van der Waals surface area (Å²) in [5.74, 6) is -0.0403. The Kier molecular flexibility index (Phi) is 7.73. The third kappa shape index (κ3) is 5.20. The number of thioether (sulfide) groups is 1. The number of allylic oxidation sites excluding steroid dienone is 2. The summed E-state index contributed by atoms with van der Waals surface area (Å²) in [4.78, 5) is 12.5. The summed E-state index contributed by atoms with van der Waals surface area (Å²) in [5, 5.41) is 4.59. The Morgan fingerprint density at radius 3 is 2.55 bits per heavy atom. The van der Waals surface area contributed by atoms with Crippen LogP contribution in [0.1, 0.15) is 38.3 Å². The van der Waals surface area contributed by atoms with E-state index in [2.05, 4.69) is 23.2 Å². The first-order valence-electron chi connectivity index (χ1n) is 7.17. The fourth-order valence-corrected chi connectivity index (χ4v) is 3.42. The molecule has 0 saturated heterocycles. The second-order valence-corrected chi connectivity index (χ2v) is 6.51. The smallest absolute Gasteiger partial charge is 0.221 e. The van der Waals surface area contributed by atoms with Crippen molar-refractivity contribution in [3.05, 3.63) is 51.0 Å². The molecule has 0 saturated carbocycles. The number of amides is 1. The van der Waals surface area contributed by atoms with E-state index in [1.165, 1.54) is 30.0 Å². The number of carbonyl (C=O) groups is 1. The van der Waals surface area contributed by atoms with Gasteiger partial charge in [0, 0.05) is 16.9 Å². The predicted octanol–water partition coefficient (Wildman–Crippen LogP) is 4.32. The van der Waals surface area contributed by atoms with Crippen molar-refractivity contribution in [2.45, 2.75) is 33.6 Å². The summed E-state index contributed by atoms with van der Waals surface area (Å²) < 4.78 is 0. The van der Waals surface area contributed by atoms with E-state index in [1.54, 1.807) is 11.8 Å². The number of hydrogen-bond donors (Lipinski definition) is 2. The van der Waals surface area contributed by atoms with E-state index in [-0.39, 0.29) is 5.91 Å². The maximum Gasteiger partial charge on any atom is 0.221 e. The monoisotopic (exact) mass is 338 g/mol. The minimum Gasteiger partial charge on any atom is -0.333 e. The molecular weight excluding hydrogens is 316 g/mol. The predicted molar refractivity (Wildman–Crippen MR) is 97.6 cm³/mol. The molecule has 0 unspecified atom stereocenters. The Labute approximate surface area is 142 Å². The van der Waals surface area contributed by atoms with Crippen LogP contribution in [0.25, 0.3) is 4.91 Å². The summed E-state index contributed by atoms with van der Waals surface area (Å²) in [6.45, 7) is 5.54. The topological polar surface area (TPSA) is 55.1 Å². The minimum atomic E-state index is -0.0403. The molecule has 1 amide bonds. The van der Waals surface area contributed by atoms with Crippen molar-refractivity contribution in [3.8, 4) is 0 Å². The molecule has 2 rings (SSSR count). The van der Waals surface area contributed by atoms with Crippen LogP contribution in [-0.4, -0.2) is 13.0 Å². The second kappa shape index (κ2) is 9.03. The zero-order valence-corrected chi connectivity index (χ0v) is 15.1. The fraction of sp³-hybridized carbons (Fsp3) is 0.353. The zero-order chi connectivity index (χ0) is 16.7. The molecule has 0 radical (unpaired) electrons. The highest BCUT2D eigenvalue weighted by Gasteiger charge is 2.16. The van der Waals surface area contributed by atoms with Crippen LogP contribution in [0.4, 0.5) is 0 Å². The van der Waals surface area contributed by atoms with E-state index in [1.807, 2.05) is 26.0 Å².